The third-order valence-corrected chi connectivity index (χ3v) is 19.2. The molecular weight excluding hydrogens is 430 g/mol. The third-order valence-electron chi connectivity index (χ3n) is 4.53. The van der Waals surface area contributed by atoms with Crippen LogP contribution in [0.4, 0.5) is 10.5 Å². The fourth-order valence-corrected chi connectivity index (χ4v) is 16.6. The van der Waals surface area contributed by atoms with Crippen LogP contribution in [-0.4, -0.2) is 32.3 Å². The molecule has 1 aliphatic heterocycles. The second kappa shape index (κ2) is 6.40. The van der Waals surface area contributed by atoms with Gasteiger partial charge in [-0.25, -0.2) is 0 Å². The summed E-state index contributed by atoms with van der Waals surface area (Å²) in [5.41, 5.74) is 0.852. The zero-order valence-electron chi connectivity index (χ0n) is 14.2. The van der Waals surface area contributed by atoms with Crippen LogP contribution in [0.2, 0.25) is 0 Å². The van der Waals surface area contributed by atoms with Crippen LogP contribution in [0, 0.1) is 0 Å². The average molecular weight is 448 g/mol. The molecule has 3 aromatic rings. The van der Waals surface area contributed by atoms with E-state index in [9.17, 15) is 4.79 Å². The van der Waals surface area contributed by atoms with Crippen molar-refractivity contribution in [3.8, 4) is 0 Å². The molecule has 4 rings (SSSR count). The maximum atomic E-state index is 13.0. The summed E-state index contributed by atoms with van der Waals surface area (Å²) in [5.74, 6) is 0. The molecule has 0 unspecified atom stereocenters. The van der Waals surface area contributed by atoms with E-state index in [0.29, 0.717) is 0 Å². The van der Waals surface area contributed by atoms with Gasteiger partial charge in [-0.3, -0.25) is 0 Å². The van der Waals surface area contributed by atoms with E-state index in [1.807, 2.05) is 90.6 Å². The Bertz CT molecular complexity index is 944. The van der Waals surface area contributed by atoms with Gasteiger partial charge in [-0.15, -0.1) is 0 Å². The SMILES string of the molecule is CN1C(=O)N(c2ccccc2)P1(Cl)([Se]c1ccccc1)c1ccccc1. The Labute approximate surface area is 164 Å². The number of carbonyl (C=O) groups is 1. The van der Waals surface area contributed by atoms with Gasteiger partial charge in [0.1, 0.15) is 0 Å². The molecule has 0 bridgehead atoms. The topological polar surface area (TPSA) is 23.6 Å². The van der Waals surface area contributed by atoms with E-state index in [4.69, 9.17) is 11.2 Å². The predicted molar refractivity (Wildman–Crippen MR) is 113 cm³/mol. The number of rotatable bonds is 4. The van der Waals surface area contributed by atoms with Crippen molar-refractivity contribution >= 4 is 52.2 Å². The molecule has 132 valence electrons. The van der Waals surface area contributed by atoms with E-state index in [2.05, 4.69) is 12.1 Å². The second-order valence-electron chi connectivity index (χ2n) is 6.04. The van der Waals surface area contributed by atoms with Crippen LogP contribution >= 0.6 is 16.2 Å². The summed E-state index contributed by atoms with van der Waals surface area (Å²) in [4.78, 5) is 9.60. The van der Waals surface area contributed by atoms with Crippen molar-refractivity contribution in [3.63, 3.8) is 0 Å². The first-order valence-corrected chi connectivity index (χ1v) is 14.4. The second-order valence-corrected chi connectivity index (χ2v) is 19.2. The molecule has 1 heterocycles. The minimum atomic E-state index is -3.35. The molecule has 3 aromatic carbocycles. The molecule has 26 heavy (non-hydrogen) atoms. The number of hydrogen-bond donors (Lipinski definition) is 0. The van der Waals surface area contributed by atoms with Crippen LogP contribution < -0.4 is 14.4 Å². The molecule has 6 heteroatoms. The Morgan fingerprint density at radius 2 is 1.31 bits per heavy atom. The molecule has 2 amide bonds. The van der Waals surface area contributed by atoms with Crippen LogP contribution in [0.15, 0.2) is 91.0 Å². The number of nitrogens with zero attached hydrogens (tertiary/aromatic N) is 2. The van der Waals surface area contributed by atoms with Crippen LogP contribution in [0.5, 0.6) is 0 Å². The number of carbonyl (C=O) groups excluding carboxylic acids is 1. The molecule has 1 fully saturated rings. The molecule has 0 saturated carbocycles. The van der Waals surface area contributed by atoms with Crippen LogP contribution in [-0.2, 0) is 0 Å². The zero-order valence-corrected chi connectivity index (χ0v) is 17.6. The maximum absolute atomic E-state index is 13.0. The van der Waals surface area contributed by atoms with Crippen LogP contribution in [0.25, 0.3) is 0 Å². The van der Waals surface area contributed by atoms with E-state index in [1.165, 1.54) is 4.46 Å². The summed E-state index contributed by atoms with van der Waals surface area (Å²) in [7, 11) is 1.84. The number of halogens is 1. The van der Waals surface area contributed by atoms with E-state index < -0.39 is 4.95 Å². The van der Waals surface area contributed by atoms with E-state index in [0.717, 1.165) is 11.0 Å². The summed E-state index contributed by atoms with van der Waals surface area (Å²) in [5, 5.41) is 1.02. The molecule has 0 aliphatic carbocycles. The number of amides is 2. The Morgan fingerprint density at radius 3 is 1.88 bits per heavy atom. The normalized spacial score (nSPS) is 19.3. The Morgan fingerprint density at radius 1 is 0.808 bits per heavy atom. The van der Waals surface area contributed by atoms with Crippen molar-refractivity contribution in [2.45, 2.75) is 0 Å². The molecule has 3 nitrogen and oxygen atoms in total. The average Bonchev–Trinajstić information content (AvgIpc) is 2.70. The fraction of sp³-hybridized carbons (Fsp3) is 0.0500. The molecule has 1 aliphatic rings. The first-order valence-electron chi connectivity index (χ1n) is 8.23. The Kier molecular flexibility index (Phi) is 4.33. The van der Waals surface area contributed by atoms with E-state index in [-0.39, 0.29) is 20.5 Å². The molecule has 0 spiro atoms. The molecule has 0 radical (unpaired) electrons. The van der Waals surface area contributed by atoms with Crippen molar-refractivity contribution in [3.05, 3.63) is 91.0 Å². The number of urea groups is 1. The Balaban J connectivity index is 1.95. The Hall–Kier alpha value is -1.83. The number of para-hydroxylation sites is 1. The van der Waals surface area contributed by atoms with Gasteiger partial charge in [0.25, 0.3) is 0 Å². The van der Waals surface area contributed by atoms with Gasteiger partial charge < -0.3 is 0 Å². The van der Waals surface area contributed by atoms with E-state index >= 15 is 0 Å². The van der Waals surface area contributed by atoms with Crippen molar-refractivity contribution in [2.75, 3.05) is 11.7 Å². The monoisotopic (exact) mass is 448 g/mol. The molecule has 1 saturated heterocycles. The summed E-state index contributed by atoms with van der Waals surface area (Å²) in [6.45, 7) is 0. The van der Waals surface area contributed by atoms with Crippen molar-refractivity contribution in [1.82, 2.24) is 4.67 Å². The summed E-state index contributed by atoms with van der Waals surface area (Å²) in [6.07, 6.45) is 0. The third kappa shape index (κ3) is 2.41. The fourth-order valence-electron chi connectivity index (χ4n) is 3.20. The molecule has 0 aromatic heterocycles. The predicted octanol–water partition coefficient (Wildman–Crippen LogP) is 4.37. The van der Waals surface area contributed by atoms with Crippen molar-refractivity contribution < 1.29 is 4.79 Å². The van der Waals surface area contributed by atoms with Crippen LogP contribution in [0.3, 0.4) is 0 Å². The van der Waals surface area contributed by atoms with Gasteiger partial charge in [-0.05, 0) is 0 Å². The summed E-state index contributed by atoms with van der Waals surface area (Å²) in [6, 6.07) is 30.0. The number of hydrogen-bond acceptors (Lipinski definition) is 1. The van der Waals surface area contributed by atoms with Gasteiger partial charge in [0.15, 0.2) is 0 Å². The first kappa shape index (κ1) is 17.6. The summed E-state index contributed by atoms with van der Waals surface area (Å²) < 4.78 is 4.83. The number of anilines is 1. The van der Waals surface area contributed by atoms with Crippen LogP contribution in [0.1, 0.15) is 0 Å². The van der Waals surface area contributed by atoms with Gasteiger partial charge in [-0.2, -0.15) is 0 Å². The number of benzene rings is 3. The van der Waals surface area contributed by atoms with Gasteiger partial charge in [0.2, 0.25) is 0 Å². The zero-order chi connectivity index (χ0) is 18.2. The van der Waals surface area contributed by atoms with Gasteiger partial charge in [0, 0.05) is 0 Å². The molecule has 0 N–H and O–H groups in total. The molecular formula is C20H18ClN2OPSe. The van der Waals surface area contributed by atoms with Crippen molar-refractivity contribution in [1.29, 1.82) is 0 Å². The summed E-state index contributed by atoms with van der Waals surface area (Å²) >= 11 is 7.52. The standard InChI is InChI=1S/C20H18ClN2OPSe/c1-22-20(24)23(17-11-5-2-6-12-17)25(22,21,18-13-7-3-8-14-18)26-19-15-9-4-10-16-19/h2-16H,1H3. The first-order chi connectivity index (χ1) is 12.6. The molecule has 0 atom stereocenters. The van der Waals surface area contributed by atoms with Gasteiger partial charge in [-0.1, -0.05) is 0 Å². The van der Waals surface area contributed by atoms with E-state index in [1.54, 1.807) is 4.67 Å². The quantitative estimate of drug-likeness (QED) is 0.430. The van der Waals surface area contributed by atoms with Crippen molar-refractivity contribution in [2.24, 2.45) is 0 Å². The van der Waals surface area contributed by atoms with Gasteiger partial charge >= 0.3 is 164 Å². The minimum absolute atomic E-state index is 0.0504. The van der Waals surface area contributed by atoms with Gasteiger partial charge in [0.05, 0.1) is 0 Å².